The average molecular weight is 230 g/mol. The van der Waals surface area contributed by atoms with E-state index in [1.165, 1.54) is 77.7 Å². The zero-order valence-electron chi connectivity index (χ0n) is 11.6. The molecule has 0 atom stereocenters. The van der Waals surface area contributed by atoms with Crippen LogP contribution in [0.2, 0.25) is 0 Å². The lowest BCUT2D eigenvalue weighted by molar-refractivity contribution is 0.551. The van der Waals surface area contributed by atoms with Gasteiger partial charge in [-0.2, -0.15) is 0 Å². The van der Waals surface area contributed by atoms with Crippen molar-refractivity contribution in [2.24, 2.45) is 11.5 Å². The van der Waals surface area contributed by atoms with Crippen LogP contribution in [0.3, 0.4) is 0 Å². The fourth-order valence-electron chi connectivity index (χ4n) is 1.81. The normalized spacial score (nSPS) is 9.75. The molecule has 0 fully saturated rings. The smallest absolute Gasteiger partial charge is 0.00773 e. The Bertz CT molecular complexity index is 82.7. The minimum atomic E-state index is 0.872. The van der Waals surface area contributed by atoms with Gasteiger partial charge in [0.15, 0.2) is 0 Å². The van der Waals surface area contributed by atoms with Gasteiger partial charge in [-0.25, -0.2) is 0 Å². The fourth-order valence-corrected chi connectivity index (χ4v) is 1.81. The Hall–Kier alpha value is -0.0800. The summed E-state index contributed by atoms with van der Waals surface area (Å²) in [6.45, 7) is 3.15. The second-order valence-electron chi connectivity index (χ2n) is 4.32. The Morgan fingerprint density at radius 3 is 1.19 bits per heavy atom. The second-order valence-corrected chi connectivity index (χ2v) is 4.32. The minimum absolute atomic E-state index is 0.872. The van der Waals surface area contributed by atoms with Crippen LogP contribution in [0, 0.1) is 0 Å². The molecule has 4 N–H and O–H groups in total. The van der Waals surface area contributed by atoms with Crippen molar-refractivity contribution in [1.82, 2.24) is 0 Å². The van der Waals surface area contributed by atoms with Gasteiger partial charge in [-0.3, -0.25) is 0 Å². The molecule has 2 nitrogen and oxygen atoms in total. The Kier molecular flexibility index (Phi) is 23.3. The molecule has 2 heteroatoms. The molecule has 0 aromatic carbocycles. The van der Waals surface area contributed by atoms with E-state index in [4.69, 9.17) is 5.73 Å². The second kappa shape index (κ2) is 20.3. The van der Waals surface area contributed by atoms with Gasteiger partial charge in [-0.1, -0.05) is 71.1 Å². The first kappa shape index (κ1) is 18.3. The van der Waals surface area contributed by atoms with Crippen molar-refractivity contribution in [1.29, 1.82) is 0 Å². The molecular weight excluding hydrogens is 196 g/mol. The summed E-state index contributed by atoms with van der Waals surface area (Å²) in [6.07, 6.45) is 15.4. The Labute approximate surface area is 103 Å². The van der Waals surface area contributed by atoms with Crippen molar-refractivity contribution in [3.05, 3.63) is 0 Å². The van der Waals surface area contributed by atoms with Crippen molar-refractivity contribution in [3.8, 4) is 0 Å². The molecule has 16 heavy (non-hydrogen) atoms. The van der Waals surface area contributed by atoms with E-state index in [1.807, 2.05) is 0 Å². The largest absolute Gasteiger partial charge is 0.333 e. The molecule has 0 aromatic rings. The first-order valence-corrected chi connectivity index (χ1v) is 7.19. The molecule has 0 aliphatic heterocycles. The van der Waals surface area contributed by atoms with Crippen LogP contribution in [0.15, 0.2) is 0 Å². The summed E-state index contributed by atoms with van der Waals surface area (Å²) in [5.74, 6) is 0. The quantitative estimate of drug-likeness (QED) is 0.530. The zero-order chi connectivity index (χ0) is 12.5. The van der Waals surface area contributed by atoms with Crippen LogP contribution >= 0.6 is 0 Å². The van der Waals surface area contributed by atoms with Gasteiger partial charge in [0.2, 0.25) is 0 Å². The zero-order valence-corrected chi connectivity index (χ0v) is 11.6. The predicted molar refractivity (Wildman–Crippen MR) is 75.6 cm³/mol. The van der Waals surface area contributed by atoms with E-state index in [0.29, 0.717) is 0 Å². The SMILES string of the molecule is CCCCCCCCCCCCCN.CN. The first-order chi connectivity index (χ1) is 7.91. The molecule has 0 bridgehead atoms. The maximum absolute atomic E-state index is 5.44. The Balaban J connectivity index is 0. The highest BCUT2D eigenvalue weighted by Crippen LogP contribution is 2.10. The van der Waals surface area contributed by atoms with Gasteiger partial charge < -0.3 is 11.5 Å². The highest BCUT2D eigenvalue weighted by molar-refractivity contribution is 4.47. The summed E-state index contributed by atoms with van der Waals surface area (Å²) in [7, 11) is 1.50. The molecule has 0 saturated heterocycles. The maximum Gasteiger partial charge on any atom is -0.00773 e. The molecule has 0 aliphatic rings. The van der Waals surface area contributed by atoms with Gasteiger partial charge in [0.25, 0.3) is 0 Å². The predicted octanol–water partition coefficient (Wildman–Crippen LogP) is 3.83. The van der Waals surface area contributed by atoms with Crippen molar-refractivity contribution >= 4 is 0 Å². The van der Waals surface area contributed by atoms with E-state index < -0.39 is 0 Å². The van der Waals surface area contributed by atoms with Crippen molar-refractivity contribution in [2.45, 2.75) is 77.6 Å². The summed E-state index contributed by atoms with van der Waals surface area (Å²) < 4.78 is 0. The average Bonchev–Trinajstić information content (AvgIpc) is 2.34. The molecule has 0 unspecified atom stereocenters. The van der Waals surface area contributed by atoms with E-state index in [9.17, 15) is 0 Å². The third-order valence-corrected chi connectivity index (χ3v) is 2.81. The summed E-state index contributed by atoms with van der Waals surface area (Å²) in [5, 5.41) is 0. The van der Waals surface area contributed by atoms with Crippen LogP contribution in [0.25, 0.3) is 0 Å². The number of rotatable bonds is 11. The third-order valence-electron chi connectivity index (χ3n) is 2.81. The van der Waals surface area contributed by atoms with Crippen LogP contribution < -0.4 is 11.5 Å². The van der Waals surface area contributed by atoms with Gasteiger partial charge in [0.1, 0.15) is 0 Å². The monoisotopic (exact) mass is 230 g/mol. The molecule has 0 radical (unpaired) electrons. The van der Waals surface area contributed by atoms with Crippen LogP contribution in [-0.4, -0.2) is 13.6 Å². The number of hydrogen-bond donors (Lipinski definition) is 2. The molecule has 0 heterocycles. The van der Waals surface area contributed by atoms with Crippen LogP contribution in [0.1, 0.15) is 77.6 Å². The van der Waals surface area contributed by atoms with E-state index >= 15 is 0 Å². The molecule has 0 aromatic heterocycles. The third kappa shape index (κ3) is 19.5. The van der Waals surface area contributed by atoms with E-state index in [0.717, 1.165) is 6.54 Å². The van der Waals surface area contributed by atoms with Gasteiger partial charge >= 0.3 is 0 Å². The molecule has 0 saturated carbocycles. The maximum atomic E-state index is 5.44. The summed E-state index contributed by atoms with van der Waals surface area (Å²) in [4.78, 5) is 0. The Morgan fingerprint density at radius 2 is 0.875 bits per heavy atom. The lowest BCUT2D eigenvalue weighted by Crippen LogP contribution is -1.97. The molecule has 0 amide bonds. The number of hydrogen-bond acceptors (Lipinski definition) is 2. The van der Waals surface area contributed by atoms with Gasteiger partial charge in [0, 0.05) is 0 Å². The van der Waals surface area contributed by atoms with Crippen LogP contribution in [-0.2, 0) is 0 Å². The molecule has 0 spiro atoms. The van der Waals surface area contributed by atoms with Gasteiger partial charge in [-0.15, -0.1) is 0 Å². The Morgan fingerprint density at radius 1 is 0.562 bits per heavy atom. The van der Waals surface area contributed by atoms with Crippen molar-refractivity contribution in [2.75, 3.05) is 13.6 Å². The molecule has 100 valence electrons. The number of nitrogens with two attached hydrogens (primary N) is 2. The lowest BCUT2D eigenvalue weighted by atomic mass is 10.1. The minimum Gasteiger partial charge on any atom is -0.333 e. The van der Waals surface area contributed by atoms with Crippen molar-refractivity contribution in [3.63, 3.8) is 0 Å². The van der Waals surface area contributed by atoms with Gasteiger partial charge in [-0.05, 0) is 20.0 Å². The highest BCUT2D eigenvalue weighted by atomic mass is 14.5. The van der Waals surface area contributed by atoms with E-state index in [-0.39, 0.29) is 0 Å². The number of unbranched alkanes of at least 4 members (excludes halogenated alkanes) is 10. The van der Waals surface area contributed by atoms with Crippen molar-refractivity contribution < 1.29 is 0 Å². The van der Waals surface area contributed by atoms with Gasteiger partial charge in [0.05, 0.1) is 0 Å². The first-order valence-electron chi connectivity index (χ1n) is 7.19. The standard InChI is InChI=1S/C13H29N.CH5N/c1-2-3-4-5-6-7-8-9-10-11-12-13-14;1-2/h2-14H2,1H3;2H2,1H3. The lowest BCUT2D eigenvalue weighted by Gasteiger charge is -2.01. The summed E-state index contributed by atoms with van der Waals surface area (Å²) in [6, 6.07) is 0. The van der Waals surface area contributed by atoms with Crippen LogP contribution in [0.4, 0.5) is 0 Å². The topological polar surface area (TPSA) is 52.0 Å². The fraction of sp³-hybridized carbons (Fsp3) is 1.00. The molecular formula is C14H34N2. The highest BCUT2D eigenvalue weighted by Gasteiger charge is 1.91. The summed E-state index contributed by atoms with van der Waals surface area (Å²) >= 11 is 0. The molecule has 0 rings (SSSR count). The van der Waals surface area contributed by atoms with E-state index in [2.05, 4.69) is 12.7 Å². The van der Waals surface area contributed by atoms with Crippen LogP contribution in [0.5, 0.6) is 0 Å². The van der Waals surface area contributed by atoms with E-state index in [1.54, 1.807) is 0 Å². The summed E-state index contributed by atoms with van der Waals surface area (Å²) in [5.41, 5.74) is 9.94. The molecule has 0 aliphatic carbocycles.